The molecule has 6 nitrogen and oxygen atoms in total. The zero-order valence-electron chi connectivity index (χ0n) is 11.4. The van der Waals surface area contributed by atoms with Gasteiger partial charge in [-0.1, -0.05) is 0 Å². The molecule has 1 unspecified atom stereocenters. The van der Waals surface area contributed by atoms with Crippen LogP contribution < -0.4 is 10.6 Å². The number of aliphatic hydroxyl groups is 1. The van der Waals surface area contributed by atoms with Gasteiger partial charge in [-0.15, -0.1) is 0 Å². The smallest absolute Gasteiger partial charge is 0.252 e. The van der Waals surface area contributed by atoms with Crippen molar-refractivity contribution >= 4 is 23.2 Å². The Balaban J connectivity index is 2.23. The Morgan fingerprint density at radius 1 is 1.50 bits per heavy atom. The van der Waals surface area contributed by atoms with Crippen LogP contribution in [0, 0.1) is 0 Å². The van der Waals surface area contributed by atoms with Gasteiger partial charge in [0.05, 0.1) is 12.6 Å². The molecule has 1 atom stereocenters. The molecule has 1 rings (SSSR count). The van der Waals surface area contributed by atoms with Crippen molar-refractivity contribution in [1.29, 1.82) is 0 Å². The van der Waals surface area contributed by atoms with Crippen molar-refractivity contribution in [2.45, 2.75) is 18.9 Å². The van der Waals surface area contributed by atoms with Crippen LogP contribution in [0.4, 0.5) is 0 Å². The maximum Gasteiger partial charge on any atom is 0.252 e. The van der Waals surface area contributed by atoms with E-state index in [0.29, 0.717) is 18.6 Å². The van der Waals surface area contributed by atoms with Crippen molar-refractivity contribution < 1.29 is 19.4 Å². The lowest BCUT2D eigenvalue weighted by molar-refractivity contribution is -0.122. The molecule has 0 aromatic carbocycles. The van der Waals surface area contributed by atoms with E-state index in [1.54, 1.807) is 11.4 Å². The molecule has 1 aromatic rings. The van der Waals surface area contributed by atoms with E-state index in [4.69, 9.17) is 9.84 Å². The summed E-state index contributed by atoms with van der Waals surface area (Å²) in [4.78, 5) is 23.3. The number of carbonyl (C=O) groups is 2. The number of hydrogen-bond acceptors (Lipinski definition) is 5. The number of thiophene rings is 1. The van der Waals surface area contributed by atoms with E-state index in [9.17, 15) is 9.59 Å². The molecule has 20 heavy (non-hydrogen) atoms. The second-order valence-corrected chi connectivity index (χ2v) is 5.03. The summed E-state index contributed by atoms with van der Waals surface area (Å²) in [6, 6.07) is 1.53. The van der Waals surface area contributed by atoms with Gasteiger partial charge in [-0.2, -0.15) is 11.3 Å². The van der Waals surface area contributed by atoms with Crippen molar-refractivity contribution in [2.75, 3.05) is 26.9 Å². The van der Waals surface area contributed by atoms with Crippen LogP contribution in [-0.4, -0.2) is 49.8 Å². The Labute approximate surface area is 122 Å². The Morgan fingerprint density at radius 3 is 2.90 bits per heavy atom. The normalized spacial score (nSPS) is 11.9. The predicted molar refractivity (Wildman–Crippen MR) is 76.8 cm³/mol. The van der Waals surface area contributed by atoms with Gasteiger partial charge in [-0.3, -0.25) is 9.59 Å². The summed E-state index contributed by atoms with van der Waals surface area (Å²) in [7, 11) is 1.54. The lowest BCUT2D eigenvalue weighted by Gasteiger charge is -2.16. The number of carbonyl (C=O) groups excluding carboxylic acids is 2. The lowest BCUT2D eigenvalue weighted by atomic mass is 10.2. The molecule has 0 fully saturated rings. The Hall–Kier alpha value is -1.44. The summed E-state index contributed by atoms with van der Waals surface area (Å²) in [6.07, 6.45) is 0.641. The van der Waals surface area contributed by atoms with Gasteiger partial charge in [0.25, 0.3) is 5.91 Å². The first-order chi connectivity index (χ1) is 9.67. The molecule has 0 spiro atoms. The van der Waals surface area contributed by atoms with E-state index in [-0.39, 0.29) is 37.4 Å². The van der Waals surface area contributed by atoms with Crippen molar-refractivity contribution in [1.82, 2.24) is 10.6 Å². The van der Waals surface area contributed by atoms with E-state index in [1.807, 2.05) is 5.38 Å². The molecule has 0 aliphatic rings. The first kappa shape index (κ1) is 16.6. The van der Waals surface area contributed by atoms with Crippen molar-refractivity contribution in [3.05, 3.63) is 22.4 Å². The van der Waals surface area contributed by atoms with Crippen molar-refractivity contribution in [2.24, 2.45) is 0 Å². The molecule has 1 heterocycles. The minimum atomic E-state index is -0.204. The quantitative estimate of drug-likeness (QED) is 0.615. The summed E-state index contributed by atoms with van der Waals surface area (Å²) >= 11 is 1.45. The molecule has 0 bridgehead atoms. The van der Waals surface area contributed by atoms with E-state index in [2.05, 4.69) is 10.6 Å². The molecule has 0 aliphatic heterocycles. The molecule has 112 valence electrons. The summed E-state index contributed by atoms with van der Waals surface area (Å²) in [5, 5.41) is 17.9. The summed E-state index contributed by atoms with van der Waals surface area (Å²) in [5.41, 5.74) is 0.605. The van der Waals surface area contributed by atoms with Gasteiger partial charge in [-0.25, -0.2) is 0 Å². The van der Waals surface area contributed by atoms with Crippen molar-refractivity contribution in [3.8, 4) is 0 Å². The molecule has 0 aliphatic carbocycles. The van der Waals surface area contributed by atoms with Crippen LogP contribution in [0.3, 0.4) is 0 Å². The Bertz CT molecular complexity index is 403. The first-order valence-corrected chi connectivity index (χ1v) is 7.31. The minimum absolute atomic E-state index is 0.0107. The van der Waals surface area contributed by atoms with Crippen LogP contribution >= 0.6 is 11.3 Å². The molecule has 1 aromatic heterocycles. The number of ether oxygens (including phenoxy) is 1. The average Bonchev–Trinajstić information content (AvgIpc) is 2.93. The number of nitrogens with one attached hydrogen (secondary N) is 2. The first-order valence-electron chi connectivity index (χ1n) is 6.37. The number of rotatable bonds is 9. The van der Waals surface area contributed by atoms with Gasteiger partial charge in [0.1, 0.15) is 0 Å². The van der Waals surface area contributed by atoms with Crippen LogP contribution in [0.25, 0.3) is 0 Å². The monoisotopic (exact) mass is 300 g/mol. The highest BCUT2D eigenvalue weighted by atomic mass is 32.1. The van der Waals surface area contributed by atoms with E-state index >= 15 is 0 Å². The maximum absolute atomic E-state index is 11.7. The second kappa shape index (κ2) is 9.46. The summed E-state index contributed by atoms with van der Waals surface area (Å²) in [6.45, 7) is 0.621. The molecular weight excluding hydrogens is 280 g/mol. The van der Waals surface area contributed by atoms with Crippen LogP contribution in [-0.2, 0) is 9.53 Å². The van der Waals surface area contributed by atoms with E-state index < -0.39 is 0 Å². The molecule has 7 heteroatoms. The fourth-order valence-corrected chi connectivity index (χ4v) is 2.28. The SMILES string of the molecule is COCC(CCO)NC(=O)CCNC(=O)c1ccsc1. The zero-order valence-corrected chi connectivity index (χ0v) is 12.2. The van der Waals surface area contributed by atoms with Gasteiger partial charge < -0.3 is 20.5 Å². The number of amides is 2. The summed E-state index contributed by atoms with van der Waals surface area (Å²) < 4.78 is 4.95. The average molecular weight is 300 g/mol. The third-order valence-electron chi connectivity index (χ3n) is 2.63. The largest absolute Gasteiger partial charge is 0.396 e. The fraction of sp³-hybridized carbons (Fsp3) is 0.538. The summed E-state index contributed by atoms with van der Waals surface area (Å²) in [5.74, 6) is -0.353. The third kappa shape index (κ3) is 6.14. The Kier molecular flexibility index (Phi) is 7.86. The fourth-order valence-electron chi connectivity index (χ4n) is 1.64. The van der Waals surface area contributed by atoms with Gasteiger partial charge in [0.2, 0.25) is 5.91 Å². The third-order valence-corrected chi connectivity index (χ3v) is 3.31. The Morgan fingerprint density at radius 2 is 2.30 bits per heavy atom. The highest BCUT2D eigenvalue weighted by molar-refractivity contribution is 7.08. The minimum Gasteiger partial charge on any atom is -0.396 e. The van der Waals surface area contributed by atoms with Crippen LogP contribution in [0.1, 0.15) is 23.2 Å². The topological polar surface area (TPSA) is 87.7 Å². The standard InChI is InChI=1S/C13H20N2O4S/c1-19-8-11(3-6-16)15-12(17)2-5-14-13(18)10-4-7-20-9-10/h4,7,9,11,16H,2-3,5-6,8H2,1H3,(H,14,18)(H,15,17). The van der Waals surface area contributed by atoms with Gasteiger partial charge in [-0.05, 0) is 17.9 Å². The second-order valence-electron chi connectivity index (χ2n) is 4.25. The molecule has 0 saturated carbocycles. The maximum atomic E-state index is 11.7. The van der Waals surface area contributed by atoms with Crippen LogP contribution in [0.2, 0.25) is 0 Å². The van der Waals surface area contributed by atoms with Gasteiger partial charge >= 0.3 is 0 Å². The number of aliphatic hydroxyl groups excluding tert-OH is 1. The number of methoxy groups -OCH3 is 1. The van der Waals surface area contributed by atoms with Gasteiger partial charge in [0.15, 0.2) is 0 Å². The van der Waals surface area contributed by atoms with Crippen molar-refractivity contribution in [3.63, 3.8) is 0 Å². The highest BCUT2D eigenvalue weighted by Crippen LogP contribution is 2.05. The molecule has 0 radical (unpaired) electrons. The van der Waals surface area contributed by atoms with E-state index in [1.165, 1.54) is 18.4 Å². The number of hydrogen-bond donors (Lipinski definition) is 3. The van der Waals surface area contributed by atoms with Crippen LogP contribution in [0.5, 0.6) is 0 Å². The lowest BCUT2D eigenvalue weighted by Crippen LogP contribution is -2.40. The highest BCUT2D eigenvalue weighted by Gasteiger charge is 2.12. The molecule has 2 amide bonds. The zero-order chi connectivity index (χ0) is 14.8. The van der Waals surface area contributed by atoms with Crippen LogP contribution in [0.15, 0.2) is 16.8 Å². The molecular formula is C13H20N2O4S. The molecule has 3 N–H and O–H groups in total. The molecule has 0 saturated heterocycles. The predicted octanol–water partition coefficient (Wildman–Crippen LogP) is 0.382. The van der Waals surface area contributed by atoms with Gasteiger partial charge in [0, 0.05) is 37.6 Å². The van der Waals surface area contributed by atoms with E-state index in [0.717, 1.165) is 0 Å².